The summed E-state index contributed by atoms with van der Waals surface area (Å²) in [6.07, 6.45) is 75.6. The highest BCUT2D eigenvalue weighted by molar-refractivity contribution is 7.45. The second kappa shape index (κ2) is 50.8. The molecule has 3 unspecified atom stereocenters. The molecule has 0 aliphatic rings. The van der Waals surface area contributed by atoms with Gasteiger partial charge in [0, 0.05) is 6.42 Å². The molecule has 0 saturated heterocycles. The first kappa shape index (κ1) is 66.9. The van der Waals surface area contributed by atoms with Crippen molar-refractivity contribution in [2.24, 2.45) is 0 Å². The van der Waals surface area contributed by atoms with E-state index in [4.69, 9.17) is 9.05 Å². The highest BCUT2D eigenvalue weighted by Crippen LogP contribution is 2.38. The molecule has 0 radical (unpaired) electrons. The Hall–Kier alpha value is -3.10. The monoisotopic (exact) mass is 993 g/mol. The lowest BCUT2D eigenvalue weighted by molar-refractivity contribution is -0.870. The molecule has 0 aromatic carbocycles. The minimum atomic E-state index is -4.62. The summed E-state index contributed by atoms with van der Waals surface area (Å²) in [7, 11) is 1.21. The molecule has 400 valence electrons. The summed E-state index contributed by atoms with van der Waals surface area (Å²) in [5.41, 5.74) is 0. The van der Waals surface area contributed by atoms with Crippen LogP contribution in [0, 0.1) is 0 Å². The highest BCUT2D eigenvalue weighted by Gasteiger charge is 2.23. The van der Waals surface area contributed by atoms with E-state index >= 15 is 0 Å². The Labute approximate surface area is 431 Å². The topological polar surface area (TPSA) is 108 Å². The van der Waals surface area contributed by atoms with Gasteiger partial charge in [-0.15, -0.1) is 0 Å². The van der Waals surface area contributed by atoms with Crippen molar-refractivity contribution < 1.29 is 32.9 Å². The maximum absolute atomic E-state index is 12.9. The smallest absolute Gasteiger partial charge is 0.268 e. The highest BCUT2D eigenvalue weighted by atomic mass is 31.2. The number of likely N-dealkylation sites (N-methyl/N-ethyl adjacent to an activating group) is 1. The van der Waals surface area contributed by atoms with Crippen LogP contribution >= 0.6 is 7.82 Å². The molecule has 0 aromatic heterocycles. The molecule has 0 heterocycles. The maximum Gasteiger partial charge on any atom is 0.268 e. The fraction of sp³-hybridized carbons (Fsp3) is 0.656. The van der Waals surface area contributed by atoms with E-state index in [1.807, 2.05) is 27.2 Å². The third-order valence-electron chi connectivity index (χ3n) is 11.7. The second-order valence-electron chi connectivity index (χ2n) is 19.6. The average molecular weight is 993 g/mol. The van der Waals surface area contributed by atoms with Crippen molar-refractivity contribution in [3.05, 3.63) is 122 Å². The molecular formula is C61H105N2O6P. The largest absolute Gasteiger partial charge is 0.756 e. The maximum atomic E-state index is 12.9. The van der Waals surface area contributed by atoms with Crippen molar-refractivity contribution >= 4 is 13.7 Å². The number of quaternary nitrogens is 1. The molecule has 0 saturated carbocycles. The van der Waals surface area contributed by atoms with Gasteiger partial charge in [-0.2, -0.15) is 0 Å². The summed E-state index contributed by atoms with van der Waals surface area (Å²) < 4.78 is 23.3. The fourth-order valence-electron chi connectivity index (χ4n) is 7.33. The van der Waals surface area contributed by atoms with Crippen LogP contribution in [0.25, 0.3) is 0 Å². The van der Waals surface area contributed by atoms with Gasteiger partial charge in [0.15, 0.2) is 0 Å². The van der Waals surface area contributed by atoms with Crippen LogP contribution in [0.1, 0.15) is 206 Å². The standard InChI is InChI=1S/C61H105N2O6P/c1-6-8-10-12-14-16-18-20-22-24-26-27-28-29-30-31-32-33-34-35-37-39-41-43-45-47-49-51-53-55-61(65)62-59(58-69-70(66,67)68-57-56-63(3,4)5)60(64)54-52-50-48-46-44-42-40-38-36-25-23-21-19-17-15-13-11-9-7-2/h8,10,14,16,20,22,26-27,29-30,32-33,35,37,41,43,47,49,52,54,59-60,64H,6-7,9,11-13,15,17-19,21,23-25,28,31,34,36,38-40,42,44-46,48,50-51,53,55-58H2,1-5H3,(H-,62,65,66,67)/b10-8-,16-14-,22-20-,27-26-,30-29-,33-32-,37-35-,43-41-,49-47-,54-52+. The minimum absolute atomic E-state index is 0.0186. The summed E-state index contributed by atoms with van der Waals surface area (Å²) in [6, 6.07) is -0.927. The van der Waals surface area contributed by atoms with Gasteiger partial charge in [-0.05, 0) is 83.5 Å². The van der Waals surface area contributed by atoms with Gasteiger partial charge in [0.1, 0.15) is 13.2 Å². The zero-order valence-electron chi connectivity index (χ0n) is 45.4. The third kappa shape index (κ3) is 52.7. The van der Waals surface area contributed by atoms with Crippen LogP contribution in [0.3, 0.4) is 0 Å². The normalized spacial score (nSPS) is 14.9. The molecule has 0 bridgehead atoms. The lowest BCUT2D eigenvalue weighted by Crippen LogP contribution is -2.45. The van der Waals surface area contributed by atoms with Crippen LogP contribution < -0.4 is 10.2 Å². The Morgan fingerprint density at radius 2 is 0.871 bits per heavy atom. The van der Waals surface area contributed by atoms with E-state index in [1.54, 1.807) is 6.08 Å². The quantitative estimate of drug-likeness (QED) is 0.0272. The molecule has 2 N–H and O–H groups in total. The first-order valence-electron chi connectivity index (χ1n) is 27.9. The van der Waals surface area contributed by atoms with E-state index in [2.05, 4.69) is 129 Å². The van der Waals surface area contributed by atoms with Gasteiger partial charge < -0.3 is 28.8 Å². The Bertz CT molecular complexity index is 1550. The van der Waals surface area contributed by atoms with E-state index in [-0.39, 0.29) is 18.9 Å². The van der Waals surface area contributed by atoms with E-state index in [0.29, 0.717) is 17.4 Å². The van der Waals surface area contributed by atoms with Crippen LogP contribution in [0.2, 0.25) is 0 Å². The molecule has 0 aliphatic carbocycles. The summed E-state index contributed by atoms with van der Waals surface area (Å²) in [5, 5.41) is 13.8. The van der Waals surface area contributed by atoms with Crippen LogP contribution in [0.4, 0.5) is 0 Å². The summed E-state index contributed by atoms with van der Waals surface area (Å²) in [4.78, 5) is 25.5. The molecule has 70 heavy (non-hydrogen) atoms. The van der Waals surface area contributed by atoms with Crippen molar-refractivity contribution in [2.45, 2.75) is 219 Å². The van der Waals surface area contributed by atoms with Crippen LogP contribution in [0.5, 0.6) is 0 Å². The van der Waals surface area contributed by atoms with Crippen LogP contribution in [-0.2, 0) is 18.4 Å². The predicted octanol–water partition coefficient (Wildman–Crippen LogP) is 16.3. The van der Waals surface area contributed by atoms with Crippen molar-refractivity contribution in [3.63, 3.8) is 0 Å². The molecule has 0 aliphatic heterocycles. The van der Waals surface area contributed by atoms with Crippen LogP contribution in [-0.4, -0.2) is 68.5 Å². The number of aliphatic hydroxyl groups is 1. The number of amides is 1. The Morgan fingerprint density at radius 1 is 0.514 bits per heavy atom. The number of aliphatic hydroxyl groups excluding tert-OH is 1. The molecule has 0 rings (SSSR count). The number of carbonyl (C=O) groups is 1. The zero-order valence-corrected chi connectivity index (χ0v) is 46.3. The lowest BCUT2D eigenvalue weighted by atomic mass is 10.0. The van der Waals surface area contributed by atoms with Crippen molar-refractivity contribution in [1.29, 1.82) is 0 Å². The molecule has 0 aromatic rings. The number of unbranched alkanes of at least 4 members (excludes halogenated alkanes) is 18. The summed E-state index contributed by atoms with van der Waals surface area (Å²) >= 11 is 0. The zero-order chi connectivity index (χ0) is 51.3. The number of carbonyl (C=O) groups excluding carboxylic acids is 1. The molecule has 9 heteroatoms. The minimum Gasteiger partial charge on any atom is -0.756 e. The number of phosphoric ester groups is 1. The second-order valence-corrected chi connectivity index (χ2v) is 21.0. The molecular weight excluding hydrogens is 888 g/mol. The van der Waals surface area contributed by atoms with Crippen molar-refractivity contribution in [1.82, 2.24) is 5.32 Å². The van der Waals surface area contributed by atoms with Crippen molar-refractivity contribution in [2.75, 3.05) is 40.9 Å². The number of nitrogens with zero attached hydrogens (tertiary/aromatic N) is 1. The first-order valence-corrected chi connectivity index (χ1v) is 29.4. The van der Waals surface area contributed by atoms with Gasteiger partial charge in [0.2, 0.25) is 5.91 Å². The average Bonchev–Trinajstić information content (AvgIpc) is 3.32. The number of nitrogens with one attached hydrogen (secondary N) is 1. The molecule has 8 nitrogen and oxygen atoms in total. The predicted molar refractivity (Wildman–Crippen MR) is 302 cm³/mol. The van der Waals surface area contributed by atoms with Crippen molar-refractivity contribution in [3.8, 4) is 0 Å². The molecule has 0 fully saturated rings. The molecule has 1 amide bonds. The summed E-state index contributed by atoms with van der Waals surface area (Å²) in [5.74, 6) is -0.259. The van der Waals surface area contributed by atoms with Crippen LogP contribution in [0.15, 0.2) is 122 Å². The number of hydrogen-bond donors (Lipinski definition) is 2. The van der Waals surface area contributed by atoms with E-state index < -0.39 is 26.6 Å². The van der Waals surface area contributed by atoms with E-state index in [0.717, 1.165) is 83.5 Å². The Balaban J connectivity index is 4.41. The van der Waals surface area contributed by atoms with Gasteiger partial charge in [-0.25, -0.2) is 0 Å². The van der Waals surface area contributed by atoms with Gasteiger partial charge >= 0.3 is 0 Å². The Morgan fingerprint density at radius 3 is 1.26 bits per heavy atom. The number of allylic oxidation sites excluding steroid dienone is 19. The summed E-state index contributed by atoms with van der Waals surface area (Å²) in [6.45, 7) is 4.48. The van der Waals surface area contributed by atoms with E-state index in [9.17, 15) is 19.4 Å². The van der Waals surface area contributed by atoms with E-state index in [1.165, 1.54) is 96.3 Å². The number of rotatable bonds is 49. The van der Waals surface area contributed by atoms with Gasteiger partial charge in [-0.1, -0.05) is 238 Å². The molecule has 0 spiro atoms. The first-order chi connectivity index (χ1) is 34.0. The van der Waals surface area contributed by atoms with Gasteiger partial charge in [0.05, 0.1) is 39.9 Å². The van der Waals surface area contributed by atoms with Gasteiger partial charge in [-0.3, -0.25) is 9.36 Å². The molecule has 3 atom stereocenters. The SMILES string of the molecule is CC/C=C\C/C=C\C/C=C\C/C=C\C/C=C\C/C=C\C/C=C\C/C=C\C/C=C\CCCC(=O)NC(COP(=O)([O-])OCC[N+](C)(C)C)C(O)/C=C/CCCCCCCCCCCCCCCCCCC. The number of hydrogen-bond acceptors (Lipinski definition) is 6. The fourth-order valence-corrected chi connectivity index (χ4v) is 8.05. The Kier molecular flexibility index (Phi) is 48.6. The number of phosphoric acid groups is 1. The van der Waals surface area contributed by atoms with Gasteiger partial charge in [0.25, 0.3) is 7.82 Å². The third-order valence-corrected chi connectivity index (χ3v) is 12.6. The lowest BCUT2D eigenvalue weighted by Gasteiger charge is -2.29.